The summed E-state index contributed by atoms with van der Waals surface area (Å²) in [5.74, 6) is -0.141. The van der Waals surface area contributed by atoms with Crippen LogP contribution in [-0.4, -0.2) is 15.7 Å². The molecule has 3 aromatic carbocycles. The number of Topliss-reactive ketones (excluding diaryl/α,β-unsaturated/α-hetero) is 1. The molecule has 0 bridgehead atoms. The van der Waals surface area contributed by atoms with Gasteiger partial charge < -0.3 is 0 Å². The second kappa shape index (κ2) is 7.54. The van der Waals surface area contributed by atoms with E-state index in [1.165, 1.54) is 23.5 Å². The van der Waals surface area contributed by atoms with E-state index in [9.17, 15) is 14.9 Å². The number of non-ortho nitro benzene ring substituents is 1. The van der Waals surface area contributed by atoms with Crippen molar-refractivity contribution in [2.75, 3.05) is 0 Å². The van der Waals surface area contributed by atoms with Crippen LogP contribution in [0.5, 0.6) is 0 Å². The topological polar surface area (TPSA) is 73.1 Å². The van der Waals surface area contributed by atoms with Crippen molar-refractivity contribution in [3.8, 4) is 0 Å². The maximum absolute atomic E-state index is 13.2. The van der Waals surface area contributed by atoms with Crippen LogP contribution in [0.15, 0.2) is 78.9 Å². The molecule has 0 saturated heterocycles. The first-order chi connectivity index (χ1) is 13.6. The Bertz CT molecular complexity index is 1160. The van der Waals surface area contributed by atoms with Crippen molar-refractivity contribution < 1.29 is 9.72 Å². The lowest BCUT2D eigenvalue weighted by molar-refractivity contribution is -0.384. The van der Waals surface area contributed by atoms with Crippen molar-refractivity contribution in [2.45, 2.75) is 0 Å². The van der Waals surface area contributed by atoms with Gasteiger partial charge in [0.25, 0.3) is 5.69 Å². The quantitative estimate of drug-likeness (QED) is 0.193. The predicted molar refractivity (Wildman–Crippen MR) is 111 cm³/mol. The van der Waals surface area contributed by atoms with E-state index in [1.807, 2.05) is 42.5 Å². The Hall–Kier alpha value is -3.64. The molecule has 0 atom stereocenters. The fraction of sp³-hybridized carbons (Fsp3) is 0. The van der Waals surface area contributed by atoms with Gasteiger partial charge >= 0.3 is 0 Å². The summed E-state index contributed by atoms with van der Waals surface area (Å²) in [6, 6.07) is 22.8. The predicted octanol–water partition coefficient (Wildman–Crippen LogP) is 5.63. The fourth-order valence-corrected chi connectivity index (χ4v) is 3.79. The van der Waals surface area contributed by atoms with E-state index in [0.717, 1.165) is 10.2 Å². The Morgan fingerprint density at radius 2 is 1.61 bits per heavy atom. The molecule has 0 fully saturated rings. The van der Waals surface area contributed by atoms with Gasteiger partial charge in [-0.1, -0.05) is 42.5 Å². The molecular formula is C22H14N2O3S. The molecule has 0 unspecified atom stereocenters. The van der Waals surface area contributed by atoms with Gasteiger partial charge in [0.05, 0.1) is 20.7 Å². The van der Waals surface area contributed by atoms with Gasteiger partial charge in [-0.25, -0.2) is 4.98 Å². The number of nitrogens with zero attached hydrogens (tertiary/aromatic N) is 2. The number of benzene rings is 3. The smallest absolute Gasteiger partial charge is 0.269 e. The summed E-state index contributed by atoms with van der Waals surface area (Å²) < 4.78 is 0.993. The number of hydrogen-bond donors (Lipinski definition) is 0. The van der Waals surface area contributed by atoms with E-state index in [1.54, 1.807) is 30.3 Å². The summed E-state index contributed by atoms with van der Waals surface area (Å²) in [6.07, 6.45) is 1.73. The number of fused-ring (bicyclic) bond motifs is 1. The maximum Gasteiger partial charge on any atom is 0.269 e. The number of para-hydroxylation sites is 1. The number of nitro groups is 1. The van der Waals surface area contributed by atoms with Gasteiger partial charge in [0.15, 0.2) is 5.78 Å². The zero-order chi connectivity index (χ0) is 19.5. The molecule has 1 aromatic heterocycles. The molecule has 0 spiro atoms. The Morgan fingerprint density at radius 1 is 0.929 bits per heavy atom. The largest absolute Gasteiger partial charge is 0.288 e. The van der Waals surface area contributed by atoms with E-state index in [2.05, 4.69) is 4.98 Å². The maximum atomic E-state index is 13.2. The first-order valence-corrected chi connectivity index (χ1v) is 9.35. The molecule has 0 aliphatic rings. The van der Waals surface area contributed by atoms with Crippen molar-refractivity contribution in [3.63, 3.8) is 0 Å². The third-order valence-corrected chi connectivity index (χ3v) is 5.29. The van der Waals surface area contributed by atoms with Crippen LogP contribution in [0.4, 0.5) is 5.69 Å². The van der Waals surface area contributed by atoms with Gasteiger partial charge in [-0.05, 0) is 35.9 Å². The molecule has 0 aliphatic carbocycles. The third kappa shape index (κ3) is 3.58. The zero-order valence-electron chi connectivity index (χ0n) is 14.6. The third-order valence-electron chi connectivity index (χ3n) is 4.22. The average Bonchev–Trinajstić information content (AvgIpc) is 3.16. The molecule has 28 heavy (non-hydrogen) atoms. The van der Waals surface area contributed by atoms with Crippen molar-refractivity contribution in [1.82, 2.24) is 4.98 Å². The summed E-state index contributed by atoms with van der Waals surface area (Å²) in [5, 5.41) is 11.5. The second-order valence-corrected chi connectivity index (χ2v) is 7.12. The number of allylic oxidation sites excluding steroid dienone is 1. The lowest BCUT2D eigenvalue weighted by atomic mass is 10.0. The van der Waals surface area contributed by atoms with Crippen LogP contribution >= 0.6 is 11.3 Å². The summed E-state index contributed by atoms with van der Waals surface area (Å²) in [6.45, 7) is 0. The minimum absolute atomic E-state index is 0.00747. The van der Waals surface area contributed by atoms with Crippen LogP contribution in [0.25, 0.3) is 21.9 Å². The monoisotopic (exact) mass is 386 g/mol. The number of thiazole rings is 1. The van der Waals surface area contributed by atoms with Crippen molar-refractivity contribution in [1.29, 1.82) is 0 Å². The lowest BCUT2D eigenvalue weighted by Gasteiger charge is -2.05. The highest BCUT2D eigenvalue weighted by atomic mass is 32.1. The van der Waals surface area contributed by atoms with Crippen LogP contribution in [-0.2, 0) is 0 Å². The van der Waals surface area contributed by atoms with Crippen LogP contribution in [0.3, 0.4) is 0 Å². The SMILES string of the molecule is O=C(C(=Cc1ccc([N+](=O)[O-])cc1)c1nc2ccccc2s1)c1ccccc1. The normalized spacial score (nSPS) is 11.5. The Labute approximate surface area is 164 Å². The highest BCUT2D eigenvalue weighted by Crippen LogP contribution is 2.30. The number of carbonyl (C=O) groups excluding carboxylic acids is 1. The zero-order valence-corrected chi connectivity index (χ0v) is 15.4. The summed E-state index contributed by atoms with van der Waals surface area (Å²) in [7, 11) is 0. The number of ketones is 1. The lowest BCUT2D eigenvalue weighted by Crippen LogP contribution is -2.02. The molecule has 5 nitrogen and oxygen atoms in total. The van der Waals surface area contributed by atoms with E-state index in [-0.39, 0.29) is 11.5 Å². The highest BCUT2D eigenvalue weighted by molar-refractivity contribution is 7.20. The highest BCUT2D eigenvalue weighted by Gasteiger charge is 2.18. The minimum Gasteiger partial charge on any atom is -0.288 e. The van der Waals surface area contributed by atoms with Crippen LogP contribution in [0.1, 0.15) is 20.9 Å². The van der Waals surface area contributed by atoms with Crippen molar-refractivity contribution >= 4 is 44.7 Å². The van der Waals surface area contributed by atoms with Crippen molar-refractivity contribution in [2.24, 2.45) is 0 Å². The van der Waals surface area contributed by atoms with E-state index >= 15 is 0 Å². The first-order valence-electron chi connectivity index (χ1n) is 8.54. The molecule has 0 saturated carbocycles. The molecule has 0 amide bonds. The van der Waals surface area contributed by atoms with Gasteiger partial charge in [0, 0.05) is 17.7 Å². The average molecular weight is 386 g/mol. The number of nitro benzene ring substituents is 1. The number of aromatic nitrogens is 1. The second-order valence-electron chi connectivity index (χ2n) is 6.09. The van der Waals surface area contributed by atoms with Gasteiger partial charge in [-0.3, -0.25) is 14.9 Å². The summed E-state index contributed by atoms with van der Waals surface area (Å²) in [5.41, 5.74) is 2.56. The summed E-state index contributed by atoms with van der Waals surface area (Å²) in [4.78, 5) is 28.2. The Morgan fingerprint density at radius 3 is 2.29 bits per heavy atom. The molecule has 6 heteroatoms. The van der Waals surface area contributed by atoms with Gasteiger partial charge in [0.1, 0.15) is 5.01 Å². The summed E-state index contributed by atoms with van der Waals surface area (Å²) >= 11 is 1.45. The number of carbonyl (C=O) groups is 1. The van der Waals surface area contributed by atoms with Gasteiger partial charge in [0.2, 0.25) is 0 Å². The van der Waals surface area contributed by atoms with E-state index < -0.39 is 4.92 Å². The molecule has 0 radical (unpaired) electrons. The Balaban J connectivity index is 1.83. The number of hydrogen-bond acceptors (Lipinski definition) is 5. The molecular weight excluding hydrogens is 372 g/mol. The van der Waals surface area contributed by atoms with Crippen LogP contribution in [0.2, 0.25) is 0 Å². The van der Waals surface area contributed by atoms with Crippen LogP contribution < -0.4 is 0 Å². The molecule has 0 aliphatic heterocycles. The molecule has 1 heterocycles. The van der Waals surface area contributed by atoms with Gasteiger partial charge in [-0.15, -0.1) is 11.3 Å². The van der Waals surface area contributed by atoms with E-state index in [4.69, 9.17) is 0 Å². The number of rotatable bonds is 5. The Kier molecular flexibility index (Phi) is 4.78. The fourth-order valence-electron chi connectivity index (χ4n) is 2.82. The first kappa shape index (κ1) is 17.8. The molecule has 4 aromatic rings. The molecule has 136 valence electrons. The van der Waals surface area contributed by atoms with Gasteiger partial charge in [-0.2, -0.15) is 0 Å². The molecule has 4 rings (SSSR count). The standard InChI is InChI=1S/C22H14N2O3S/c25-21(16-6-2-1-3-7-16)18(14-15-10-12-17(13-11-15)24(26)27)22-23-19-8-4-5-9-20(19)28-22/h1-14H. The minimum atomic E-state index is -0.447. The van der Waals surface area contributed by atoms with Crippen LogP contribution in [0, 0.1) is 10.1 Å². The van der Waals surface area contributed by atoms with Crippen molar-refractivity contribution in [3.05, 3.63) is 105 Å². The molecule has 0 N–H and O–H groups in total. The van der Waals surface area contributed by atoms with E-state index in [0.29, 0.717) is 21.7 Å².